The molecule has 0 saturated carbocycles. The van der Waals surface area contributed by atoms with Crippen LogP contribution < -0.4 is 5.32 Å². The summed E-state index contributed by atoms with van der Waals surface area (Å²) in [4.78, 5) is 2.21. The van der Waals surface area contributed by atoms with Crippen LogP contribution in [0.3, 0.4) is 0 Å². The van der Waals surface area contributed by atoms with Crippen molar-refractivity contribution in [3.05, 3.63) is 24.2 Å². The van der Waals surface area contributed by atoms with Crippen LogP contribution in [0.1, 0.15) is 70.1 Å². The molecule has 3 heteroatoms. The van der Waals surface area contributed by atoms with E-state index in [-0.39, 0.29) is 0 Å². The van der Waals surface area contributed by atoms with Crippen LogP contribution in [0.15, 0.2) is 22.8 Å². The zero-order valence-corrected chi connectivity index (χ0v) is 14.2. The van der Waals surface area contributed by atoms with Gasteiger partial charge in [0, 0.05) is 6.54 Å². The van der Waals surface area contributed by atoms with Crippen molar-refractivity contribution >= 4 is 0 Å². The molecule has 0 radical (unpaired) electrons. The molecule has 3 nitrogen and oxygen atoms in total. The second-order valence-electron chi connectivity index (χ2n) is 6.17. The van der Waals surface area contributed by atoms with Gasteiger partial charge in [0.05, 0.1) is 12.3 Å². The molecule has 0 aromatic carbocycles. The van der Waals surface area contributed by atoms with Gasteiger partial charge in [0.1, 0.15) is 5.76 Å². The van der Waals surface area contributed by atoms with E-state index in [0.29, 0.717) is 6.04 Å². The van der Waals surface area contributed by atoms with Crippen LogP contribution in [0, 0.1) is 0 Å². The third kappa shape index (κ3) is 8.27. The molecule has 0 aliphatic heterocycles. The van der Waals surface area contributed by atoms with Gasteiger partial charge in [0.25, 0.3) is 0 Å². The molecule has 0 aliphatic rings. The molecule has 1 aromatic rings. The second-order valence-corrected chi connectivity index (χ2v) is 6.17. The van der Waals surface area contributed by atoms with Gasteiger partial charge >= 0.3 is 0 Å². The second kappa shape index (κ2) is 11.8. The van der Waals surface area contributed by atoms with Crippen LogP contribution in [-0.2, 0) is 0 Å². The van der Waals surface area contributed by atoms with Crippen molar-refractivity contribution in [1.29, 1.82) is 0 Å². The van der Waals surface area contributed by atoms with E-state index in [1.165, 1.54) is 51.4 Å². The van der Waals surface area contributed by atoms with Gasteiger partial charge in [-0.3, -0.25) is 4.90 Å². The molecule has 1 N–H and O–H groups in total. The summed E-state index contributed by atoms with van der Waals surface area (Å²) in [5.41, 5.74) is 0. The van der Waals surface area contributed by atoms with E-state index in [1.54, 1.807) is 6.26 Å². The number of rotatable bonds is 13. The van der Waals surface area contributed by atoms with Crippen molar-refractivity contribution < 1.29 is 4.42 Å². The van der Waals surface area contributed by atoms with Gasteiger partial charge in [0.15, 0.2) is 0 Å². The SMILES string of the molecule is CCCCCCCCCCNCC(c1ccco1)N(C)C. The topological polar surface area (TPSA) is 28.4 Å². The first-order chi connectivity index (χ1) is 10.3. The van der Waals surface area contributed by atoms with Gasteiger partial charge < -0.3 is 9.73 Å². The number of furan rings is 1. The predicted molar refractivity (Wildman–Crippen MR) is 90.6 cm³/mol. The monoisotopic (exact) mass is 294 g/mol. The lowest BCUT2D eigenvalue weighted by molar-refractivity contribution is 0.250. The van der Waals surface area contributed by atoms with E-state index in [9.17, 15) is 0 Å². The molecule has 0 saturated heterocycles. The molecular formula is C18H34N2O. The van der Waals surface area contributed by atoms with E-state index in [0.717, 1.165) is 18.8 Å². The fraction of sp³-hybridized carbons (Fsp3) is 0.778. The lowest BCUT2D eigenvalue weighted by Crippen LogP contribution is -2.31. The predicted octanol–water partition coefficient (Wildman–Crippen LogP) is 4.61. The molecule has 21 heavy (non-hydrogen) atoms. The highest BCUT2D eigenvalue weighted by Crippen LogP contribution is 2.17. The maximum Gasteiger partial charge on any atom is 0.122 e. The van der Waals surface area contributed by atoms with Crippen LogP contribution in [-0.4, -0.2) is 32.1 Å². The van der Waals surface area contributed by atoms with Crippen molar-refractivity contribution in [1.82, 2.24) is 10.2 Å². The van der Waals surface area contributed by atoms with E-state index >= 15 is 0 Å². The van der Waals surface area contributed by atoms with Gasteiger partial charge in [-0.05, 0) is 39.2 Å². The quantitative estimate of drug-likeness (QED) is 0.538. The zero-order chi connectivity index (χ0) is 15.3. The molecule has 1 atom stereocenters. The van der Waals surface area contributed by atoms with Crippen LogP contribution in [0.4, 0.5) is 0 Å². The molecule has 0 spiro atoms. The molecule has 0 amide bonds. The van der Waals surface area contributed by atoms with Gasteiger partial charge in [-0.15, -0.1) is 0 Å². The maximum atomic E-state index is 5.52. The number of nitrogens with zero attached hydrogens (tertiary/aromatic N) is 1. The maximum absolute atomic E-state index is 5.52. The van der Waals surface area contributed by atoms with E-state index in [4.69, 9.17) is 4.42 Å². The molecule has 122 valence electrons. The van der Waals surface area contributed by atoms with Crippen LogP contribution in [0.25, 0.3) is 0 Å². The van der Waals surface area contributed by atoms with Crippen molar-refractivity contribution in [2.24, 2.45) is 0 Å². The fourth-order valence-electron chi connectivity index (χ4n) is 2.64. The van der Waals surface area contributed by atoms with Gasteiger partial charge in [0.2, 0.25) is 0 Å². The Balaban J connectivity index is 2.00. The van der Waals surface area contributed by atoms with Crippen molar-refractivity contribution in [2.75, 3.05) is 27.2 Å². The first-order valence-corrected chi connectivity index (χ1v) is 8.66. The average molecular weight is 294 g/mol. The highest BCUT2D eigenvalue weighted by molar-refractivity contribution is 5.04. The number of unbranched alkanes of at least 4 members (excludes halogenated alkanes) is 7. The summed E-state index contributed by atoms with van der Waals surface area (Å²) in [5.74, 6) is 1.04. The Morgan fingerprint density at radius 3 is 2.29 bits per heavy atom. The summed E-state index contributed by atoms with van der Waals surface area (Å²) in [5, 5.41) is 3.56. The lowest BCUT2D eigenvalue weighted by Gasteiger charge is -2.22. The van der Waals surface area contributed by atoms with Crippen molar-refractivity contribution in [3.8, 4) is 0 Å². The Morgan fingerprint density at radius 2 is 1.71 bits per heavy atom. The van der Waals surface area contributed by atoms with Gasteiger partial charge in [-0.1, -0.05) is 51.9 Å². The van der Waals surface area contributed by atoms with Crippen LogP contribution in [0.2, 0.25) is 0 Å². The fourth-order valence-corrected chi connectivity index (χ4v) is 2.64. The molecule has 1 unspecified atom stereocenters. The summed E-state index contributed by atoms with van der Waals surface area (Å²) in [6.07, 6.45) is 12.8. The Morgan fingerprint density at radius 1 is 1.05 bits per heavy atom. The Kier molecular flexibility index (Phi) is 10.3. The van der Waals surface area contributed by atoms with Crippen molar-refractivity contribution in [2.45, 2.75) is 64.3 Å². The molecule has 0 bridgehead atoms. The number of hydrogen-bond acceptors (Lipinski definition) is 3. The number of likely N-dealkylation sites (N-methyl/N-ethyl adjacent to an activating group) is 1. The first kappa shape index (κ1) is 18.2. The minimum absolute atomic E-state index is 0.328. The summed E-state index contributed by atoms with van der Waals surface area (Å²) in [6.45, 7) is 4.34. The Labute approximate surface area is 131 Å². The number of nitrogens with one attached hydrogen (secondary N) is 1. The summed E-state index contributed by atoms with van der Waals surface area (Å²) >= 11 is 0. The molecule has 1 aromatic heterocycles. The third-order valence-corrected chi connectivity index (χ3v) is 4.04. The highest BCUT2D eigenvalue weighted by Gasteiger charge is 2.15. The lowest BCUT2D eigenvalue weighted by atomic mass is 10.1. The van der Waals surface area contributed by atoms with E-state index in [1.807, 2.05) is 6.07 Å². The summed E-state index contributed by atoms with van der Waals surface area (Å²) < 4.78 is 5.52. The number of hydrogen-bond donors (Lipinski definition) is 1. The molecule has 1 rings (SSSR count). The smallest absolute Gasteiger partial charge is 0.122 e. The molecule has 0 fully saturated rings. The van der Waals surface area contributed by atoms with Gasteiger partial charge in [-0.25, -0.2) is 0 Å². The Hall–Kier alpha value is -0.800. The van der Waals surface area contributed by atoms with Gasteiger partial charge in [-0.2, -0.15) is 0 Å². The minimum Gasteiger partial charge on any atom is -0.468 e. The van der Waals surface area contributed by atoms with Crippen LogP contribution in [0.5, 0.6) is 0 Å². The Bertz CT molecular complexity index is 322. The molecular weight excluding hydrogens is 260 g/mol. The van der Waals surface area contributed by atoms with Crippen molar-refractivity contribution in [3.63, 3.8) is 0 Å². The summed E-state index contributed by atoms with van der Waals surface area (Å²) in [7, 11) is 4.20. The average Bonchev–Trinajstić information content (AvgIpc) is 2.98. The standard InChI is InChI=1S/C18H34N2O/c1-4-5-6-7-8-9-10-11-14-19-16-17(20(2)3)18-13-12-15-21-18/h12-13,15,17,19H,4-11,14,16H2,1-3H3. The largest absolute Gasteiger partial charge is 0.468 e. The summed E-state index contributed by atoms with van der Waals surface area (Å²) in [6, 6.07) is 4.35. The van der Waals surface area contributed by atoms with E-state index in [2.05, 4.69) is 37.3 Å². The van der Waals surface area contributed by atoms with E-state index < -0.39 is 0 Å². The zero-order valence-electron chi connectivity index (χ0n) is 14.2. The first-order valence-electron chi connectivity index (χ1n) is 8.66. The van der Waals surface area contributed by atoms with Crippen LogP contribution >= 0.6 is 0 Å². The molecule has 1 heterocycles. The minimum atomic E-state index is 0.328. The normalized spacial score (nSPS) is 13.0. The highest BCUT2D eigenvalue weighted by atomic mass is 16.3. The third-order valence-electron chi connectivity index (χ3n) is 4.04. The molecule has 0 aliphatic carbocycles.